The lowest BCUT2D eigenvalue weighted by molar-refractivity contribution is -0.120. The SMILES string of the molecule is N#Cc1ccc2c(c1)CN(CC(=O)CC1NCCCC1O)C=N2. The molecule has 23 heavy (non-hydrogen) atoms. The van der Waals surface area contributed by atoms with E-state index in [0.717, 1.165) is 30.6 Å². The molecule has 2 aliphatic rings. The van der Waals surface area contributed by atoms with Crippen molar-refractivity contribution in [2.75, 3.05) is 13.1 Å². The van der Waals surface area contributed by atoms with Crippen LogP contribution in [0.15, 0.2) is 23.2 Å². The van der Waals surface area contributed by atoms with Gasteiger partial charge in [0.25, 0.3) is 0 Å². The number of nitrogens with zero attached hydrogens (tertiary/aromatic N) is 3. The second kappa shape index (κ2) is 6.90. The van der Waals surface area contributed by atoms with Crippen LogP contribution in [0.25, 0.3) is 0 Å². The maximum atomic E-state index is 12.3. The second-order valence-electron chi connectivity index (χ2n) is 6.12. The number of nitriles is 1. The smallest absolute Gasteiger partial charge is 0.153 e. The fourth-order valence-corrected chi connectivity index (χ4v) is 3.09. The van der Waals surface area contributed by atoms with Crippen LogP contribution in [-0.2, 0) is 11.3 Å². The Hall–Kier alpha value is -2.23. The summed E-state index contributed by atoms with van der Waals surface area (Å²) in [5.74, 6) is 0.0785. The third kappa shape index (κ3) is 3.76. The van der Waals surface area contributed by atoms with Gasteiger partial charge in [-0.15, -0.1) is 0 Å². The molecule has 2 aliphatic heterocycles. The normalized spacial score (nSPS) is 23.2. The molecule has 2 N–H and O–H groups in total. The average Bonchev–Trinajstić information content (AvgIpc) is 2.56. The Morgan fingerprint density at radius 2 is 2.39 bits per heavy atom. The van der Waals surface area contributed by atoms with Crippen LogP contribution >= 0.6 is 0 Å². The van der Waals surface area contributed by atoms with Gasteiger partial charge in [-0.2, -0.15) is 5.26 Å². The van der Waals surface area contributed by atoms with E-state index < -0.39 is 6.10 Å². The third-order valence-corrected chi connectivity index (χ3v) is 4.32. The molecule has 120 valence electrons. The number of piperidine rings is 1. The van der Waals surface area contributed by atoms with Gasteiger partial charge in [0.15, 0.2) is 5.78 Å². The molecule has 0 spiro atoms. The minimum absolute atomic E-state index is 0.0785. The molecule has 2 unspecified atom stereocenters. The van der Waals surface area contributed by atoms with Crippen LogP contribution in [0.5, 0.6) is 0 Å². The van der Waals surface area contributed by atoms with E-state index in [1.165, 1.54) is 0 Å². The molecule has 6 heteroatoms. The number of aliphatic imine (C=N–C) groups is 1. The van der Waals surface area contributed by atoms with Gasteiger partial charge in [0.1, 0.15) is 0 Å². The van der Waals surface area contributed by atoms with E-state index in [1.807, 2.05) is 17.0 Å². The van der Waals surface area contributed by atoms with Crippen molar-refractivity contribution in [3.05, 3.63) is 29.3 Å². The predicted molar refractivity (Wildman–Crippen MR) is 86.4 cm³/mol. The maximum Gasteiger partial charge on any atom is 0.153 e. The van der Waals surface area contributed by atoms with Gasteiger partial charge in [-0.05, 0) is 43.1 Å². The molecule has 2 heterocycles. The summed E-state index contributed by atoms with van der Waals surface area (Å²) in [6, 6.07) is 7.36. The summed E-state index contributed by atoms with van der Waals surface area (Å²) >= 11 is 0. The van der Waals surface area contributed by atoms with Crippen molar-refractivity contribution in [3.8, 4) is 6.07 Å². The van der Waals surface area contributed by atoms with E-state index in [9.17, 15) is 9.90 Å². The molecule has 0 saturated carbocycles. The number of hydrogen-bond donors (Lipinski definition) is 2. The first-order valence-electron chi connectivity index (χ1n) is 7.90. The van der Waals surface area contributed by atoms with E-state index in [-0.39, 0.29) is 18.4 Å². The highest BCUT2D eigenvalue weighted by molar-refractivity contribution is 5.84. The van der Waals surface area contributed by atoms with E-state index in [0.29, 0.717) is 18.5 Å². The molecule has 3 rings (SSSR count). The Bertz CT molecular complexity index is 665. The summed E-state index contributed by atoms with van der Waals surface area (Å²) in [6.45, 7) is 1.69. The first-order chi connectivity index (χ1) is 11.2. The van der Waals surface area contributed by atoms with Gasteiger partial charge in [-0.3, -0.25) is 4.79 Å². The molecule has 0 radical (unpaired) electrons. The van der Waals surface area contributed by atoms with E-state index >= 15 is 0 Å². The molecule has 0 amide bonds. The fourth-order valence-electron chi connectivity index (χ4n) is 3.09. The fraction of sp³-hybridized carbons (Fsp3) is 0.471. The van der Waals surface area contributed by atoms with Gasteiger partial charge in [-0.1, -0.05) is 0 Å². The Kier molecular flexibility index (Phi) is 4.70. The number of carbonyl (C=O) groups excluding carboxylic acids is 1. The summed E-state index contributed by atoms with van der Waals surface area (Å²) < 4.78 is 0. The lowest BCUT2D eigenvalue weighted by atomic mass is 9.96. The molecule has 0 aromatic heterocycles. The molecular weight excluding hydrogens is 292 g/mol. The van der Waals surface area contributed by atoms with Crippen molar-refractivity contribution in [1.29, 1.82) is 5.26 Å². The average molecular weight is 312 g/mol. The Morgan fingerprint density at radius 1 is 1.52 bits per heavy atom. The maximum absolute atomic E-state index is 12.3. The van der Waals surface area contributed by atoms with Gasteiger partial charge in [0.2, 0.25) is 0 Å². The largest absolute Gasteiger partial charge is 0.391 e. The first kappa shape index (κ1) is 15.7. The number of rotatable bonds is 4. The van der Waals surface area contributed by atoms with Crippen molar-refractivity contribution in [2.45, 2.75) is 38.0 Å². The van der Waals surface area contributed by atoms with E-state index in [1.54, 1.807) is 12.4 Å². The third-order valence-electron chi connectivity index (χ3n) is 4.32. The number of aliphatic hydroxyl groups is 1. The number of nitrogens with one attached hydrogen (secondary N) is 1. The van der Waals surface area contributed by atoms with Gasteiger partial charge in [0.05, 0.1) is 36.3 Å². The van der Waals surface area contributed by atoms with Crippen LogP contribution in [0.3, 0.4) is 0 Å². The number of fused-ring (bicyclic) bond motifs is 1. The zero-order valence-corrected chi connectivity index (χ0v) is 12.9. The summed E-state index contributed by atoms with van der Waals surface area (Å²) in [7, 11) is 0. The standard InChI is InChI=1S/C17H20N4O2/c18-8-12-3-4-15-13(6-12)9-21(11-20-15)10-14(22)7-16-17(23)2-1-5-19-16/h3-4,6,11,16-17,19,23H,1-2,5,7,9-10H2. The summed E-state index contributed by atoms with van der Waals surface area (Å²) in [5.41, 5.74) is 2.40. The highest BCUT2D eigenvalue weighted by Gasteiger charge is 2.25. The number of benzene rings is 1. The minimum atomic E-state index is -0.443. The molecule has 1 aromatic rings. The van der Waals surface area contributed by atoms with Gasteiger partial charge < -0.3 is 15.3 Å². The van der Waals surface area contributed by atoms with Gasteiger partial charge in [0, 0.05) is 19.0 Å². The number of aliphatic hydroxyl groups excluding tert-OH is 1. The van der Waals surface area contributed by atoms with Crippen molar-refractivity contribution in [3.63, 3.8) is 0 Å². The molecule has 1 fully saturated rings. The van der Waals surface area contributed by atoms with Crippen LogP contribution < -0.4 is 5.32 Å². The zero-order chi connectivity index (χ0) is 16.2. The number of carbonyl (C=O) groups is 1. The quantitative estimate of drug-likeness (QED) is 0.869. The van der Waals surface area contributed by atoms with E-state index in [2.05, 4.69) is 16.4 Å². The summed E-state index contributed by atoms with van der Waals surface area (Å²) in [6.07, 6.45) is 3.26. The van der Waals surface area contributed by atoms with E-state index in [4.69, 9.17) is 5.26 Å². The number of ketones is 1. The van der Waals surface area contributed by atoms with Crippen LogP contribution in [0.4, 0.5) is 5.69 Å². The lowest BCUT2D eigenvalue weighted by Gasteiger charge is -2.29. The molecule has 1 aromatic carbocycles. The van der Waals surface area contributed by atoms with Crippen LogP contribution in [0.1, 0.15) is 30.4 Å². The molecule has 0 aliphatic carbocycles. The second-order valence-corrected chi connectivity index (χ2v) is 6.12. The molecular formula is C17H20N4O2. The van der Waals surface area contributed by atoms with Gasteiger partial charge >= 0.3 is 0 Å². The first-order valence-corrected chi connectivity index (χ1v) is 7.90. The van der Waals surface area contributed by atoms with Crippen molar-refractivity contribution < 1.29 is 9.90 Å². The van der Waals surface area contributed by atoms with Crippen molar-refractivity contribution in [2.24, 2.45) is 4.99 Å². The number of hydrogen-bond acceptors (Lipinski definition) is 6. The van der Waals surface area contributed by atoms with Crippen molar-refractivity contribution >= 4 is 17.8 Å². The lowest BCUT2D eigenvalue weighted by Crippen LogP contribution is -2.47. The highest BCUT2D eigenvalue weighted by Crippen LogP contribution is 2.25. The van der Waals surface area contributed by atoms with Crippen LogP contribution in [-0.4, -0.2) is 47.4 Å². The highest BCUT2D eigenvalue weighted by atomic mass is 16.3. The molecule has 0 bridgehead atoms. The molecule has 6 nitrogen and oxygen atoms in total. The summed E-state index contributed by atoms with van der Waals surface area (Å²) in [4.78, 5) is 18.4. The minimum Gasteiger partial charge on any atom is -0.391 e. The number of Topliss-reactive ketones (excluding diaryl/α,β-unsaturated/α-hetero) is 1. The Morgan fingerprint density at radius 3 is 3.17 bits per heavy atom. The Labute approximate surface area is 135 Å². The van der Waals surface area contributed by atoms with Crippen molar-refractivity contribution in [1.82, 2.24) is 10.2 Å². The molecule has 1 saturated heterocycles. The topological polar surface area (TPSA) is 88.7 Å². The van der Waals surface area contributed by atoms with Crippen LogP contribution in [0, 0.1) is 11.3 Å². The van der Waals surface area contributed by atoms with Crippen LogP contribution in [0.2, 0.25) is 0 Å². The van der Waals surface area contributed by atoms with Gasteiger partial charge in [-0.25, -0.2) is 4.99 Å². The predicted octanol–water partition coefficient (Wildman–Crippen LogP) is 1.11. The zero-order valence-electron chi connectivity index (χ0n) is 12.9. The monoisotopic (exact) mass is 312 g/mol. The Balaban J connectivity index is 1.59. The molecule has 2 atom stereocenters. The summed E-state index contributed by atoms with van der Waals surface area (Å²) in [5, 5.41) is 22.1.